The van der Waals surface area contributed by atoms with Crippen LogP contribution >= 0.6 is 11.3 Å². The molecule has 0 amide bonds. The van der Waals surface area contributed by atoms with E-state index in [1.54, 1.807) is 23.5 Å². The molecule has 0 aliphatic heterocycles. The van der Waals surface area contributed by atoms with Gasteiger partial charge >= 0.3 is 0 Å². The van der Waals surface area contributed by atoms with Gasteiger partial charge in [0.05, 0.1) is 39.4 Å². The van der Waals surface area contributed by atoms with Crippen molar-refractivity contribution in [2.45, 2.75) is 12.8 Å². The summed E-state index contributed by atoms with van der Waals surface area (Å²) in [5.74, 6) is -0.222. The minimum atomic E-state index is -0.366. The summed E-state index contributed by atoms with van der Waals surface area (Å²) < 4.78 is 1.11. The standard InChI is InChI=1S/C35H21N5S/c36-18-26-11-9-24(13-31(26)20-38)22-5-7-23(8-6-22)28-15-29(25-10-12-27(19-37)32(14-25)21-39)17-30(16-28)35-40-33-3-1-2-4-34(33)41-35/h1-5,7-10,12-17,22,26H,6,11H2. The molecule has 2 aliphatic carbocycles. The summed E-state index contributed by atoms with van der Waals surface area (Å²) in [4.78, 5) is 4.89. The third-order valence-electron chi connectivity index (χ3n) is 7.50. The van der Waals surface area contributed by atoms with Gasteiger partial charge in [0.15, 0.2) is 0 Å². The number of thiazole rings is 1. The first kappa shape index (κ1) is 25.7. The van der Waals surface area contributed by atoms with Gasteiger partial charge in [-0.1, -0.05) is 42.5 Å². The van der Waals surface area contributed by atoms with Crippen molar-refractivity contribution < 1.29 is 0 Å². The van der Waals surface area contributed by atoms with Crippen LogP contribution in [-0.4, -0.2) is 4.98 Å². The van der Waals surface area contributed by atoms with Gasteiger partial charge in [0.1, 0.15) is 17.1 Å². The lowest BCUT2D eigenvalue weighted by Gasteiger charge is -2.22. The number of aromatic nitrogens is 1. The number of hydrogen-bond acceptors (Lipinski definition) is 6. The van der Waals surface area contributed by atoms with E-state index in [2.05, 4.69) is 72.8 Å². The van der Waals surface area contributed by atoms with Crippen molar-refractivity contribution in [3.05, 3.63) is 119 Å². The molecule has 0 saturated carbocycles. The number of para-hydroxylation sites is 1. The van der Waals surface area contributed by atoms with Gasteiger partial charge in [-0.15, -0.1) is 11.3 Å². The minimum absolute atomic E-state index is 0.144. The Kier molecular flexibility index (Phi) is 6.85. The zero-order valence-electron chi connectivity index (χ0n) is 21.9. The number of hydrogen-bond donors (Lipinski definition) is 0. The van der Waals surface area contributed by atoms with Crippen molar-refractivity contribution in [1.29, 1.82) is 21.0 Å². The molecule has 2 unspecified atom stereocenters. The maximum absolute atomic E-state index is 9.62. The first-order valence-corrected chi connectivity index (χ1v) is 14.0. The summed E-state index contributed by atoms with van der Waals surface area (Å²) in [6.45, 7) is 0. The molecule has 2 atom stereocenters. The van der Waals surface area contributed by atoms with Crippen LogP contribution in [0, 0.1) is 57.2 Å². The van der Waals surface area contributed by atoms with Crippen molar-refractivity contribution >= 4 is 27.1 Å². The van der Waals surface area contributed by atoms with E-state index in [4.69, 9.17) is 4.98 Å². The number of nitrogens with zero attached hydrogens (tertiary/aromatic N) is 5. The summed E-state index contributed by atoms with van der Waals surface area (Å²) in [6.07, 6.45) is 11.8. The average Bonchev–Trinajstić information content (AvgIpc) is 3.48. The smallest absolute Gasteiger partial charge is 0.124 e. The van der Waals surface area contributed by atoms with Crippen LogP contribution < -0.4 is 0 Å². The molecule has 0 bridgehead atoms. The number of benzene rings is 3. The number of nitriles is 4. The molecule has 0 N–H and O–H groups in total. The predicted octanol–water partition coefficient (Wildman–Crippen LogP) is 8.25. The van der Waals surface area contributed by atoms with E-state index in [1.807, 2.05) is 30.3 Å². The van der Waals surface area contributed by atoms with Crippen LogP contribution in [-0.2, 0) is 0 Å². The molecule has 41 heavy (non-hydrogen) atoms. The van der Waals surface area contributed by atoms with Crippen LogP contribution in [0.15, 0.2) is 102 Å². The van der Waals surface area contributed by atoms with Crippen molar-refractivity contribution in [2.75, 3.05) is 0 Å². The lowest BCUT2D eigenvalue weighted by molar-refractivity contribution is 0.732. The average molecular weight is 544 g/mol. The summed E-state index contributed by atoms with van der Waals surface area (Å²) >= 11 is 1.64. The SMILES string of the molecule is N#CC1=CC(C2C=CC(c3cc(-c4ccc(C#N)c(C#N)c4)cc(-c4nc5ccccc5s4)c3)=CC2)=CCC1C#N. The van der Waals surface area contributed by atoms with Crippen LogP contribution in [0.3, 0.4) is 0 Å². The Balaban J connectivity index is 1.39. The summed E-state index contributed by atoms with van der Waals surface area (Å²) in [5.41, 5.74) is 8.15. The van der Waals surface area contributed by atoms with Gasteiger partial charge in [-0.05, 0) is 89.2 Å². The molecule has 6 heteroatoms. The van der Waals surface area contributed by atoms with Crippen LogP contribution in [0.25, 0.3) is 37.5 Å². The first-order valence-electron chi connectivity index (χ1n) is 13.2. The Morgan fingerprint density at radius 1 is 0.756 bits per heavy atom. The summed E-state index contributed by atoms with van der Waals surface area (Å²) in [6, 6.07) is 28.4. The molecule has 2 aliphatic rings. The second kappa shape index (κ2) is 10.9. The highest BCUT2D eigenvalue weighted by Gasteiger charge is 2.22. The number of fused-ring (bicyclic) bond motifs is 1. The van der Waals surface area contributed by atoms with E-state index in [1.165, 1.54) is 0 Å². The molecule has 5 nitrogen and oxygen atoms in total. The maximum atomic E-state index is 9.62. The van der Waals surface area contributed by atoms with E-state index >= 15 is 0 Å². The van der Waals surface area contributed by atoms with Crippen molar-refractivity contribution in [2.24, 2.45) is 11.8 Å². The Morgan fingerprint density at radius 2 is 1.56 bits per heavy atom. The van der Waals surface area contributed by atoms with Crippen LogP contribution in [0.1, 0.15) is 29.5 Å². The minimum Gasteiger partial charge on any atom is -0.236 e. The quantitative estimate of drug-likeness (QED) is 0.257. The lowest BCUT2D eigenvalue weighted by Crippen LogP contribution is -2.10. The Bertz CT molecular complexity index is 1980. The second-order valence-electron chi connectivity index (χ2n) is 9.96. The monoisotopic (exact) mass is 543 g/mol. The van der Waals surface area contributed by atoms with Crippen molar-refractivity contribution in [3.8, 4) is 46.0 Å². The third-order valence-corrected chi connectivity index (χ3v) is 8.59. The van der Waals surface area contributed by atoms with Gasteiger partial charge in [0.25, 0.3) is 0 Å². The number of rotatable bonds is 4. The highest BCUT2D eigenvalue weighted by molar-refractivity contribution is 7.21. The molecule has 0 spiro atoms. The van der Waals surface area contributed by atoms with Gasteiger partial charge in [0.2, 0.25) is 0 Å². The molecule has 0 radical (unpaired) electrons. The topological polar surface area (TPSA) is 108 Å². The molecule has 3 aromatic carbocycles. The van der Waals surface area contributed by atoms with Crippen LogP contribution in [0.2, 0.25) is 0 Å². The lowest BCUT2D eigenvalue weighted by atomic mass is 9.81. The molecule has 4 aromatic rings. The van der Waals surface area contributed by atoms with E-state index < -0.39 is 0 Å². The van der Waals surface area contributed by atoms with E-state index in [0.717, 1.165) is 55.0 Å². The van der Waals surface area contributed by atoms with Gasteiger partial charge in [-0.3, -0.25) is 0 Å². The van der Waals surface area contributed by atoms with Crippen LogP contribution in [0.4, 0.5) is 0 Å². The molecule has 6 rings (SSSR count). The van der Waals surface area contributed by atoms with Gasteiger partial charge in [-0.2, -0.15) is 21.0 Å². The Hall–Kier alpha value is -5.53. The molecule has 1 aromatic heterocycles. The van der Waals surface area contributed by atoms with E-state index in [0.29, 0.717) is 23.1 Å². The summed E-state index contributed by atoms with van der Waals surface area (Å²) in [5, 5.41) is 38.7. The fourth-order valence-electron chi connectivity index (χ4n) is 5.29. The first-order chi connectivity index (χ1) is 20.1. The number of allylic oxidation sites excluding steroid dienone is 8. The van der Waals surface area contributed by atoms with Crippen molar-refractivity contribution in [1.82, 2.24) is 4.98 Å². The van der Waals surface area contributed by atoms with E-state index in [-0.39, 0.29) is 11.8 Å². The zero-order valence-corrected chi connectivity index (χ0v) is 22.7. The van der Waals surface area contributed by atoms with Crippen LogP contribution in [0.5, 0.6) is 0 Å². The largest absolute Gasteiger partial charge is 0.236 e. The Labute approximate surface area is 242 Å². The van der Waals surface area contributed by atoms with E-state index in [9.17, 15) is 21.0 Å². The maximum Gasteiger partial charge on any atom is 0.124 e. The molecule has 1 heterocycles. The summed E-state index contributed by atoms with van der Waals surface area (Å²) in [7, 11) is 0. The predicted molar refractivity (Wildman–Crippen MR) is 161 cm³/mol. The molecule has 0 saturated heterocycles. The van der Waals surface area contributed by atoms with Gasteiger partial charge in [0, 0.05) is 17.1 Å². The van der Waals surface area contributed by atoms with Gasteiger partial charge < -0.3 is 0 Å². The second-order valence-corrected chi connectivity index (χ2v) is 11.0. The molecule has 0 fully saturated rings. The fourth-order valence-corrected chi connectivity index (χ4v) is 6.24. The van der Waals surface area contributed by atoms with Gasteiger partial charge in [-0.25, -0.2) is 4.98 Å². The zero-order chi connectivity index (χ0) is 28.3. The molecular formula is C35H21N5S. The normalized spacial score (nSPS) is 17.8. The Morgan fingerprint density at radius 3 is 2.29 bits per heavy atom. The third kappa shape index (κ3) is 4.97. The molecule has 192 valence electrons. The highest BCUT2D eigenvalue weighted by atomic mass is 32.1. The fraction of sp³-hybridized carbons (Fsp3) is 0.114. The molecular weight excluding hydrogens is 522 g/mol. The highest BCUT2D eigenvalue weighted by Crippen LogP contribution is 2.38. The van der Waals surface area contributed by atoms with Crippen molar-refractivity contribution in [3.63, 3.8) is 0 Å².